The molecule has 0 saturated heterocycles. The molecule has 0 fully saturated rings. The van der Waals surface area contributed by atoms with Crippen LogP contribution in [0.5, 0.6) is 0 Å². The number of benzene rings is 1. The monoisotopic (exact) mass is 332 g/mol. The molecule has 6 heteroatoms. The van der Waals surface area contributed by atoms with E-state index < -0.39 is 5.97 Å². The Balaban J connectivity index is 2.08. The van der Waals surface area contributed by atoms with Crippen molar-refractivity contribution in [3.05, 3.63) is 52.0 Å². The number of amides is 1. The summed E-state index contributed by atoms with van der Waals surface area (Å²) in [5.74, 6) is -1.12. The first-order valence-electron chi connectivity index (χ1n) is 7.48. The van der Waals surface area contributed by atoms with Gasteiger partial charge in [-0.2, -0.15) is 0 Å². The van der Waals surface area contributed by atoms with Crippen LogP contribution in [-0.2, 0) is 11.2 Å². The minimum Gasteiger partial charge on any atom is -0.481 e. The van der Waals surface area contributed by atoms with Crippen LogP contribution in [0.15, 0.2) is 35.7 Å². The van der Waals surface area contributed by atoms with Crippen molar-refractivity contribution in [1.29, 1.82) is 0 Å². The number of aliphatic carboxylic acids is 1. The third-order valence-electron chi connectivity index (χ3n) is 3.42. The molecule has 0 aliphatic carbocycles. The van der Waals surface area contributed by atoms with Gasteiger partial charge in [0.25, 0.3) is 5.91 Å². The quantitative estimate of drug-likeness (QED) is 0.846. The van der Waals surface area contributed by atoms with E-state index in [1.165, 1.54) is 11.3 Å². The maximum Gasteiger partial charge on any atom is 0.305 e. The molecule has 0 bridgehead atoms. The molecular formula is C17H20N2O3S. The van der Waals surface area contributed by atoms with Gasteiger partial charge in [0.1, 0.15) is 5.69 Å². The molecular weight excluding hydrogens is 312 g/mol. The highest BCUT2D eigenvalue weighted by Gasteiger charge is 2.22. The van der Waals surface area contributed by atoms with Crippen LogP contribution >= 0.6 is 11.3 Å². The number of rotatable bonds is 7. The van der Waals surface area contributed by atoms with Crippen molar-refractivity contribution in [1.82, 2.24) is 9.88 Å². The number of aromatic nitrogens is 1. The second-order valence-corrected chi connectivity index (χ2v) is 6.47. The van der Waals surface area contributed by atoms with E-state index in [0.717, 1.165) is 10.6 Å². The minimum atomic E-state index is -0.911. The molecule has 23 heavy (non-hydrogen) atoms. The van der Waals surface area contributed by atoms with Gasteiger partial charge in [-0.05, 0) is 19.4 Å². The predicted octanol–water partition coefficient (Wildman–Crippen LogP) is 3.06. The van der Waals surface area contributed by atoms with Gasteiger partial charge in [-0.3, -0.25) is 9.59 Å². The van der Waals surface area contributed by atoms with Crippen molar-refractivity contribution >= 4 is 23.2 Å². The molecule has 0 atom stereocenters. The number of nitrogens with zero attached hydrogens (tertiary/aromatic N) is 2. The van der Waals surface area contributed by atoms with Gasteiger partial charge in [-0.15, -0.1) is 11.3 Å². The fourth-order valence-electron chi connectivity index (χ4n) is 2.22. The minimum absolute atomic E-state index is 0.0646. The smallest absolute Gasteiger partial charge is 0.305 e. The average molecular weight is 332 g/mol. The van der Waals surface area contributed by atoms with Crippen LogP contribution in [-0.4, -0.2) is 39.5 Å². The van der Waals surface area contributed by atoms with E-state index in [4.69, 9.17) is 5.11 Å². The summed E-state index contributed by atoms with van der Waals surface area (Å²) in [6, 6.07) is 9.89. The Morgan fingerprint density at radius 3 is 2.57 bits per heavy atom. The van der Waals surface area contributed by atoms with Crippen LogP contribution < -0.4 is 0 Å². The van der Waals surface area contributed by atoms with Crippen molar-refractivity contribution in [2.45, 2.75) is 32.7 Å². The number of carboxylic acids is 1. The van der Waals surface area contributed by atoms with Crippen LogP contribution in [0, 0.1) is 0 Å². The second-order valence-electron chi connectivity index (χ2n) is 5.52. The van der Waals surface area contributed by atoms with Gasteiger partial charge < -0.3 is 10.0 Å². The summed E-state index contributed by atoms with van der Waals surface area (Å²) in [7, 11) is 0. The number of carbonyl (C=O) groups is 2. The largest absolute Gasteiger partial charge is 0.481 e. The predicted molar refractivity (Wildman–Crippen MR) is 89.8 cm³/mol. The molecule has 122 valence electrons. The summed E-state index contributed by atoms with van der Waals surface area (Å²) in [5, 5.41) is 11.4. The maximum absolute atomic E-state index is 12.5. The van der Waals surface area contributed by atoms with Crippen molar-refractivity contribution < 1.29 is 14.7 Å². The molecule has 1 heterocycles. The highest BCUT2D eigenvalue weighted by atomic mass is 32.1. The van der Waals surface area contributed by atoms with E-state index in [0.29, 0.717) is 12.1 Å². The second kappa shape index (κ2) is 7.87. The summed E-state index contributed by atoms with van der Waals surface area (Å²) < 4.78 is 0. The first-order chi connectivity index (χ1) is 11.0. The lowest BCUT2D eigenvalue weighted by molar-refractivity contribution is -0.137. The first kappa shape index (κ1) is 17.1. The molecule has 2 rings (SSSR count). The molecule has 1 aromatic heterocycles. The Morgan fingerprint density at radius 1 is 1.26 bits per heavy atom. The van der Waals surface area contributed by atoms with Gasteiger partial charge in [0, 0.05) is 24.4 Å². The third kappa shape index (κ3) is 4.89. The number of hydrogen-bond acceptors (Lipinski definition) is 4. The first-order valence-corrected chi connectivity index (χ1v) is 8.36. The zero-order chi connectivity index (χ0) is 16.8. The van der Waals surface area contributed by atoms with Crippen LogP contribution in [0.25, 0.3) is 0 Å². The van der Waals surface area contributed by atoms with Gasteiger partial charge in [0.2, 0.25) is 0 Å². The summed E-state index contributed by atoms with van der Waals surface area (Å²) >= 11 is 1.45. The highest BCUT2D eigenvalue weighted by molar-refractivity contribution is 7.09. The number of carbonyl (C=O) groups excluding carboxylic acids is 1. The van der Waals surface area contributed by atoms with Crippen molar-refractivity contribution in [2.75, 3.05) is 6.54 Å². The molecule has 2 aromatic rings. The van der Waals surface area contributed by atoms with Gasteiger partial charge >= 0.3 is 5.97 Å². The number of thiazole rings is 1. The average Bonchev–Trinajstić information content (AvgIpc) is 2.96. The van der Waals surface area contributed by atoms with Gasteiger partial charge in [-0.1, -0.05) is 30.3 Å². The zero-order valence-corrected chi connectivity index (χ0v) is 14.0. The molecule has 0 radical (unpaired) electrons. The molecule has 0 unspecified atom stereocenters. The molecule has 1 N–H and O–H groups in total. The van der Waals surface area contributed by atoms with E-state index in [2.05, 4.69) is 4.98 Å². The van der Waals surface area contributed by atoms with E-state index in [1.54, 1.807) is 10.3 Å². The Hall–Kier alpha value is -2.21. The molecule has 1 aromatic carbocycles. The van der Waals surface area contributed by atoms with Gasteiger partial charge in [0.05, 0.1) is 11.4 Å². The Kier molecular flexibility index (Phi) is 5.87. The van der Waals surface area contributed by atoms with Crippen LogP contribution in [0.4, 0.5) is 0 Å². The van der Waals surface area contributed by atoms with E-state index in [9.17, 15) is 9.59 Å². The van der Waals surface area contributed by atoms with Crippen molar-refractivity contribution in [2.24, 2.45) is 0 Å². The molecule has 0 aliphatic heterocycles. The molecule has 0 spiro atoms. The fraction of sp³-hybridized carbons (Fsp3) is 0.353. The lowest BCUT2D eigenvalue weighted by Crippen LogP contribution is -2.38. The topological polar surface area (TPSA) is 70.5 Å². The Labute approximate surface area is 139 Å². The van der Waals surface area contributed by atoms with Crippen LogP contribution in [0.1, 0.15) is 41.3 Å². The molecule has 0 aliphatic rings. The lowest BCUT2D eigenvalue weighted by Gasteiger charge is -2.25. The van der Waals surface area contributed by atoms with Crippen LogP contribution in [0.3, 0.4) is 0 Å². The normalized spacial score (nSPS) is 10.7. The fourth-order valence-corrected chi connectivity index (χ4v) is 3.02. The van der Waals surface area contributed by atoms with E-state index in [1.807, 2.05) is 44.2 Å². The molecule has 1 amide bonds. The van der Waals surface area contributed by atoms with Crippen LogP contribution in [0.2, 0.25) is 0 Å². The summed E-state index contributed by atoms with van der Waals surface area (Å²) in [5.41, 5.74) is 1.53. The van der Waals surface area contributed by atoms with Gasteiger partial charge in [0.15, 0.2) is 0 Å². The number of carboxylic acid groups (broad SMARTS) is 1. The molecule has 0 saturated carbocycles. The third-order valence-corrected chi connectivity index (χ3v) is 4.27. The van der Waals surface area contributed by atoms with E-state index >= 15 is 0 Å². The van der Waals surface area contributed by atoms with Crippen molar-refractivity contribution in [3.63, 3.8) is 0 Å². The maximum atomic E-state index is 12.5. The lowest BCUT2D eigenvalue weighted by atomic mass is 10.2. The van der Waals surface area contributed by atoms with E-state index in [-0.39, 0.29) is 24.9 Å². The zero-order valence-electron chi connectivity index (χ0n) is 13.2. The SMILES string of the molecule is CC(C)N(CCC(=O)O)C(=O)c1csc(Cc2ccccc2)n1. The Morgan fingerprint density at radius 2 is 1.96 bits per heavy atom. The summed E-state index contributed by atoms with van der Waals surface area (Å²) in [6.07, 6.45) is 0.626. The number of hydrogen-bond donors (Lipinski definition) is 1. The molecule has 5 nitrogen and oxygen atoms in total. The Bertz CT molecular complexity index is 667. The van der Waals surface area contributed by atoms with Crippen molar-refractivity contribution in [3.8, 4) is 0 Å². The summed E-state index contributed by atoms with van der Waals surface area (Å²) in [6.45, 7) is 3.94. The summed E-state index contributed by atoms with van der Waals surface area (Å²) in [4.78, 5) is 29.2. The highest BCUT2D eigenvalue weighted by Crippen LogP contribution is 2.17. The van der Waals surface area contributed by atoms with Gasteiger partial charge in [-0.25, -0.2) is 4.98 Å². The standard InChI is InChI=1S/C17H20N2O3S/c1-12(2)19(9-8-16(20)21)17(22)14-11-23-15(18-14)10-13-6-4-3-5-7-13/h3-7,11-12H,8-10H2,1-2H3,(H,20,21).